The van der Waals surface area contributed by atoms with Crippen molar-refractivity contribution in [3.8, 4) is 5.75 Å². The summed E-state index contributed by atoms with van der Waals surface area (Å²) in [4.78, 5) is 12.0. The lowest BCUT2D eigenvalue weighted by Gasteiger charge is -2.13. The first-order chi connectivity index (χ1) is 10.5. The number of rotatable bonds is 5. The Bertz CT molecular complexity index is 692. The maximum atomic E-state index is 12.0. The molecule has 0 saturated heterocycles. The van der Waals surface area contributed by atoms with E-state index in [1.807, 2.05) is 0 Å². The predicted octanol–water partition coefficient (Wildman–Crippen LogP) is 4.71. The van der Waals surface area contributed by atoms with E-state index in [1.165, 1.54) is 7.11 Å². The number of benzene rings is 2. The molecule has 0 aliphatic heterocycles. The lowest BCUT2D eigenvalue weighted by Crippen LogP contribution is -2.22. The fourth-order valence-corrected chi connectivity index (χ4v) is 2.52. The smallest absolute Gasteiger partial charge is 0.243 e. The Morgan fingerprint density at radius 3 is 2.55 bits per heavy atom. The third-order valence-electron chi connectivity index (χ3n) is 2.82. The molecule has 0 atom stereocenters. The monoisotopic (exact) mass is 358 g/mol. The molecule has 1 amide bonds. The molecule has 0 bridgehead atoms. The number of hydrogen-bond acceptors (Lipinski definition) is 3. The summed E-state index contributed by atoms with van der Waals surface area (Å²) in [6.45, 7) is 0.0374. The van der Waals surface area contributed by atoms with E-state index >= 15 is 0 Å². The molecule has 0 unspecified atom stereocenters. The maximum Gasteiger partial charge on any atom is 0.243 e. The summed E-state index contributed by atoms with van der Waals surface area (Å²) >= 11 is 17.8. The van der Waals surface area contributed by atoms with Crippen LogP contribution in [0.1, 0.15) is 0 Å². The van der Waals surface area contributed by atoms with E-state index in [4.69, 9.17) is 39.5 Å². The number of ether oxygens (including phenoxy) is 1. The molecule has 2 rings (SSSR count). The van der Waals surface area contributed by atoms with Gasteiger partial charge >= 0.3 is 0 Å². The van der Waals surface area contributed by atoms with Gasteiger partial charge in [-0.15, -0.1) is 0 Å². The van der Waals surface area contributed by atoms with Crippen LogP contribution in [0.25, 0.3) is 0 Å². The van der Waals surface area contributed by atoms with Gasteiger partial charge in [0.15, 0.2) is 5.75 Å². The van der Waals surface area contributed by atoms with E-state index in [-0.39, 0.29) is 12.5 Å². The Hall–Kier alpha value is -1.62. The van der Waals surface area contributed by atoms with E-state index in [9.17, 15) is 4.79 Å². The minimum absolute atomic E-state index is 0.0374. The zero-order chi connectivity index (χ0) is 16.1. The van der Waals surface area contributed by atoms with Gasteiger partial charge in [-0.25, -0.2) is 0 Å². The molecule has 0 spiro atoms. The van der Waals surface area contributed by atoms with Crippen LogP contribution in [0.5, 0.6) is 5.75 Å². The lowest BCUT2D eigenvalue weighted by atomic mass is 10.3. The summed E-state index contributed by atoms with van der Waals surface area (Å²) in [5.74, 6) is 0.229. The number of nitrogens with one attached hydrogen (secondary N) is 2. The summed E-state index contributed by atoms with van der Waals surface area (Å²) in [6, 6.07) is 10.1. The molecule has 2 aromatic rings. The number of anilines is 2. The van der Waals surface area contributed by atoms with Crippen LogP contribution in [0, 0.1) is 0 Å². The van der Waals surface area contributed by atoms with Gasteiger partial charge < -0.3 is 15.4 Å². The van der Waals surface area contributed by atoms with Gasteiger partial charge in [-0.2, -0.15) is 0 Å². The van der Waals surface area contributed by atoms with Crippen molar-refractivity contribution in [2.75, 3.05) is 24.3 Å². The Kier molecular flexibility index (Phi) is 5.77. The highest BCUT2D eigenvalue weighted by Gasteiger charge is 2.10. The van der Waals surface area contributed by atoms with Gasteiger partial charge in [0, 0.05) is 5.02 Å². The Balaban J connectivity index is 2.00. The van der Waals surface area contributed by atoms with E-state index in [1.54, 1.807) is 36.4 Å². The van der Waals surface area contributed by atoms with Crippen LogP contribution >= 0.6 is 34.8 Å². The zero-order valence-corrected chi connectivity index (χ0v) is 13.9. The predicted molar refractivity (Wildman–Crippen MR) is 91.6 cm³/mol. The van der Waals surface area contributed by atoms with Crippen molar-refractivity contribution in [2.24, 2.45) is 0 Å². The molecule has 7 heteroatoms. The highest BCUT2D eigenvalue weighted by Crippen LogP contribution is 2.32. The van der Waals surface area contributed by atoms with Gasteiger partial charge in [-0.1, -0.05) is 40.9 Å². The second kappa shape index (κ2) is 7.58. The van der Waals surface area contributed by atoms with Crippen LogP contribution < -0.4 is 15.4 Å². The average molecular weight is 360 g/mol. The summed E-state index contributed by atoms with van der Waals surface area (Å²) in [5, 5.41) is 7.01. The molecule has 2 aromatic carbocycles. The second-order valence-corrected chi connectivity index (χ2v) is 5.60. The maximum absolute atomic E-state index is 12.0. The van der Waals surface area contributed by atoms with Crippen molar-refractivity contribution >= 4 is 52.1 Å². The minimum Gasteiger partial charge on any atom is -0.493 e. The van der Waals surface area contributed by atoms with Crippen molar-refractivity contribution in [3.63, 3.8) is 0 Å². The molecule has 0 saturated carbocycles. The number of methoxy groups -OCH3 is 1. The molecule has 0 aliphatic carbocycles. The van der Waals surface area contributed by atoms with Crippen molar-refractivity contribution in [1.82, 2.24) is 0 Å². The number of carbonyl (C=O) groups is 1. The fourth-order valence-electron chi connectivity index (χ4n) is 1.82. The van der Waals surface area contributed by atoms with Crippen LogP contribution in [0.4, 0.5) is 11.4 Å². The lowest BCUT2D eigenvalue weighted by molar-refractivity contribution is -0.114. The van der Waals surface area contributed by atoms with E-state index in [2.05, 4.69) is 10.6 Å². The molecule has 0 heterocycles. The summed E-state index contributed by atoms with van der Waals surface area (Å²) < 4.78 is 5.20. The molecule has 2 N–H and O–H groups in total. The average Bonchev–Trinajstić information content (AvgIpc) is 2.48. The van der Waals surface area contributed by atoms with Crippen molar-refractivity contribution < 1.29 is 9.53 Å². The van der Waals surface area contributed by atoms with Gasteiger partial charge in [-0.3, -0.25) is 4.79 Å². The van der Waals surface area contributed by atoms with E-state index < -0.39 is 0 Å². The standard InChI is InChI=1S/C15H13Cl3N2O2/c1-22-15-10(17)3-2-4-13(15)19-8-14(21)20-12-6-5-9(16)7-11(12)18/h2-7,19H,8H2,1H3,(H,20,21). The number of amides is 1. The summed E-state index contributed by atoms with van der Waals surface area (Å²) in [5.41, 5.74) is 1.13. The van der Waals surface area contributed by atoms with Crippen LogP contribution in [0.15, 0.2) is 36.4 Å². The van der Waals surface area contributed by atoms with Gasteiger partial charge in [0.2, 0.25) is 5.91 Å². The van der Waals surface area contributed by atoms with Crippen molar-refractivity contribution in [3.05, 3.63) is 51.5 Å². The number of halogens is 3. The fraction of sp³-hybridized carbons (Fsp3) is 0.133. The quantitative estimate of drug-likeness (QED) is 0.813. The molecule has 0 fully saturated rings. The topological polar surface area (TPSA) is 50.4 Å². The normalized spacial score (nSPS) is 10.2. The highest BCUT2D eigenvalue weighted by molar-refractivity contribution is 6.36. The molecular weight excluding hydrogens is 347 g/mol. The first-order valence-electron chi connectivity index (χ1n) is 6.32. The molecule has 0 aliphatic rings. The van der Waals surface area contributed by atoms with Crippen LogP contribution in [0.2, 0.25) is 15.1 Å². The second-order valence-electron chi connectivity index (χ2n) is 4.35. The highest BCUT2D eigenvalue weighted by atomic mass is 35.5. The van der Waals surface area contributed by atoms with Crippen LogP contribution in [0.3, 0.4) is 0 Å². The molecule has 4 nitrogen and oxygen atoms in total. The number of carbonyl (C=O) groups excluding carboxylic acids is 1. The number of para-hydroxylation sites is 1. The Morgan fingerprint density at radius 2 is 1.86 bits per heavy atom. The Morgan fingerprint density at radius 1 is 1.09 bits per heavy atom. The van der Waals surface area contributed by atoms with Crippen molar-refractivity contribution in [2.45, 2.75) is 0 Å². The minimum atomic E-state index is -0.258. The Labute approximate surface area is 143 Å². The van der Waals surface area contributed by atoms with Crippen LogP contribution in [-0.2, 0) is 4.79 Å². The van der Waals surface area contributed by atoms with E-state index in [0.29, 0.717) is 32.2 Å². The number of hydrogen-bond donors (Lipinski definition) is 2. The summed E-state index contributed by atoms with van der Waals surface area (Å²) in [7, 11) is 1.51. The molecule has 0 aromatic heterocycles. The molecule has 116 valence electrons. The first-order valence-corrected chi connectivity index (χ1v) is 7.46. The largest absolute Gasteiger partial charge is 0.493 e. The van der Waals surface area contributed by atoms with Gasteiger partial charge in [0.1, 0.15) is 0 Å². The molecular formula is C15H13Cl3N2O2. The third kappa shape index (κ3) is 4.19. The van der Waals surface area contributed by atoms with Gasteiger partial charge in [0.05, 0.1) is 35.1 Å². The molecule has 22 heavy (non-hydrogen) atoms. The SMILES string of the molecule is COc1c(Cl)cccc1NCC(=O)Nc1ccc(Cl)cc1Cl. The van der Waals surface area contributed by atoms with Gasteiger partial charge in [0.25, 0.3) is 0 Å². The summed E-state index contributed by atoms with van der Waals surface area (Å²) in [6.07, 6.45) is 0. The first kappa shape index (κ1) is 16.7. The van der Waals surface area contributed by atoms with Crippen molar-refractivity contribution in [1.29, 1.82) is 0 Å². The zero-order valence-electron chi connectivity index (χ0n) is 11.6. The van der Waals surface area contributed by atoms with Gasteiger partial charge in [-0.05, 0) is 30.3 Å². The third-order valence-corrected chi connectivity index (χ3v) is 3.66. The molecule has 0 radical (unpaired) electrons. The van der Waals surface area contributed by atoms with E-state index in [0.717, 1.165) is 0 Å². The van der Waals surface area contributed by atoms with Crippen LogP contribution in [-0.4, -0.2) is 19.6 Å².